The number of carbonyl (C=O) groups excluding carboxylic acids is 1. The molecule has 0 aliphatic heterocycles. The molecule has 0 radical (unpaired) electrons. The van der Waals surface area contributed by atoms with Crippen molar-refractivity contribution in [2.45, 2.75) is 51.7 Å². The molecule has 20 heavy (non-hydrogen) atoms. The number of rotatable bonds is 5. The van der Waals surface area contributed by atoms with Gasteiger partial charge in [-0.05, 0) is 64.3 Å². The van der Waals surface area contributed by atoms with E-state index in [1.165, 1.54) is 18.4 Å². The molecule has 4 heteroatoms. The summed E-state index contributed by atoms with van der Waals surface area (Å²) in [6.45, 7) is 6.57. The van der Waals surface area contributed by atoms with Crippen molar-refractivity contribution < 1.29 is 9.53 Å². The highest BCUT2D eigenvalue weighted by Gasteiger charge is 2.19. The Bertz CT molecular complexity index is 445. The molecule has 0 unspecified atom stereocenters. The largest absolute Gasteiger partial charge is 0.444 e. The zero-order valence-corrected chi connectivity index (χ0v) is 12.5. The first-order valence-electron chi connectivity index (χ1n) is 7.25. The molecule has 0 heterocycles. The number of benzene rings is 1. The van der Waals surface area contributed by atoms with E-state index >= 15 is 0 Å². The summed E-state index contributed by atoms with van der Waals surface area (Å²) in [6.07, 6.45) is 3.24. The lowest BCUT2D eigenvalue weighted by atomic mass is 10.1. The second kappa shape index (κ2) is 6.27. The van der Waals surface area contributed by atoms with Crippen molar-refractivity contribution in [3.05, 3.63) is 29.8 Å². The highest BCUT2D eigenvalue weighted by atomic mass is 16.6. The van der Waals surface area contributed by atoms with E-state index in [0.717, 1.165) is 24.7 Å². The van der Waals surface area contributed by atoms with Gasteiger partial charge in [0.25, 0.3) is 0 Å². The Morgan fingerprint density at radius 1 is 1.25 bits per heavy atom. The third-order valence-corrected chi connectivity index (χ3v) is 3.02. The zero-order chi connectivity index (χ0) is 14.6. The van der Waals surface area contributed by atoms with Gasteiger partial charge < -0.3 is 10.1 Å². The predicted molar refractivity (Wildman–Crippen MR) is 81.0 cm³/mol. The topological polar surface area (TPSA) is 50.4 Å². The summed E-state index contributed by atoms with van der Waals surface area (Å²) in [5, 5.41) is 6.22. The number of amides is 1. The van der Waals surface area contributed by atoms with Gasteiger partial charge in [0.2, 0.25) is 0 Å². The van der Waals surface area contributed by atoms with Gasteiger partial charge in [0.1, 0.15) is 5.60 Å². The molecule has 1 aliphatic rings. The first-order valence-corrected chi connectivity index (χ1v) is 7.25. The number of nitrogens with one attached hydrogen (secondary N) is 2. The molecule has 0 spiro atoms. The van der Waals surface area contributed by atoms with Gasteiger partial charge in [-0.25, -0.2) is 4.79 Å². The van der Waals surface area contributed by atoms with Crippen molar-refractivity contribution in [2.24, 2.45) is 0 Å². The molecule has 1 aliphatic carbocycles. The molecule has 1 aromatic carbocycles. The minimum atomic E-state index is -0.474. The zero-order valence-electron chi connectivity index (χ0n) is 12.5. The Morgan fingerprint density at radius 2 is 1.90 bits per heavy atom. The van der Waals surface area contributed by atoms with E-state index in [9.17, 15) is 4.79 Å². The minimum Gasteiger partial charge on any atom is -0.444 e. The van der Waals surface area contributed by atoms with Crippen LogP contribution in [0.25, 0.3) is 0 Å². The Labute approximate surface area is 120 Å². The van der Waals surface area contributed by atoms with Gasteiger partial charge in [-0.1, -0.05) is 12.1 Å². The third-order valence-electron chi connectivity index (χ3n) is 3.02. The molecule has 0 saturated heterocycles. The molecular formula is C16H24N2O2. The summed E-state index contributed by atoms with van der Waals surface area (Å²) >= 11 is 0. The second-order valence-corrected chi connectivity index (χ2v) is 6.30. The van der Waals surface area contributed by atoms with Crippen LogP contribution in [0, 0.1) is 0 Å². The molecule has 1 amide bonds. The van der Waals surface area contributed by atoms with Crippen molar-refractivity contribution in [2.75, 3.05) is 11.9 Å². The summed E-state index contributed by atoms with van der Waals surface area (Å²) in [4.78, 5) is 11.6. The molecule has 4 nitrogen and oxygen atoms in total. The average molecular weight is 276 g/mol. The molecular weight excluding hydrogens is 252 g/mol. The fraction of sp³-hybridized carbons (Fsp3) is 0.562. The van der Waals surface area contributed by atoms with Crippen molar-refractivity contribution >= 4 is 11.8 Å². The molecule has 110 valence electrons. The number of carbonyl (C=O) groups is 1. The van der Waals surface area contributed by atoms with Crippen LogP contribution in [0.15, 0.2) is 24.3 Å². The maximum atomic E-state index is 11.6. The first kappa shape index (κ1) is 14.9. The summed E-state index contributed by atoms with van der Waals surface area (Å²) in [7, 11) is 0. The second-order valence-electron chi connectivity index (χ2n) is 6.30. The Morgan fingerprint density at radius 3 is 2.45 bits per heavy atom. The average Bonchev–Trinajstić information content (AvgIpc) is 3.13. The van der Waals surface area contributed by atoms with Crippen LogP contribution in [0.1, 0.15) is 39.2 Å². The highest BCUT2D eigenvalue weighted by molar-refractivity contribution is 5.84. The number of hydrogen-bond acceptors (Lipinski definition) is 3. The molecule has 2 N–H and O–H groups in total. The van der Waals surface area contributed by atoms with Crippen molar-refractivity contribution in [1.82, 2.24) is 5.32 Å². The maximum absolute atomic E-state index is 11.6. The van der Waals surface area contributed by atoms with E-state index in [0.29, 0.717) is 0 Å². The van der Waals surface area contributed by atoms with Crippen molar-refractivity contribution in [3.63, 3.8) is 0 Å². The number of ether oxygens (including phenoxy) is 1. The lowest BCUT2D eigenvalue weighted by Gasteiger charge is -2.19. The molecule has 1 fully saturated rings. The minimum absolute atomic E-state index is 0.416. The Balaban J connectivity index is 1.76. The monoisotopic (exact) mass is 276 g/mol. The van der Waals surface area contributed by atoms with Gasteiger partial charge in [0, 0.05) is 11.7 Å². The van der Waals surface area contributed by atoms with Gasteiger partial charge in [0.15, 0.2) is 0 Å². The van der Waals surface area contributed by atoms with Crippen LogP contribution in [0.2, 0.25) is 0 Å². The van der Waals surface area contributed by atoms with Gasteiger partial charge in [-0.2, -0.15) is 0 Å². The number of hydrogen-bond donors (Lipinski definition) is 2. The Hall–Kier alpha value is -1.55. The molecule has 1 aromatic rings. The standard InChI is InChI=1S/C16H24N2O2/c1-16(2,3)20-15(19)18-14-6-4-12(5-7-14)10-11-17-13-8-9-13/h4-7,13,17H,8-11H2,1-3H3,(H,18,19). The summed E-state index contributed by atoms with van der Waals surface area (Å²) in [5.74, 6) is 0. The molecule has 0 bridgehead atoms. The summed E-state index contributed by atoms with van der Waals surface area (Å²) in [5.41, 5.74) is 1.56. The highest BCUT2D eigenvalue weighted by Crippen LogP contribution is 2.18. The molecule has 2 rings (SSSR count). The van der Waals surface area contributed by atoms with Crippen LogP contribution in [0.3, 0.4) is 0 Å². The predicted octanol–water partition coefficient (Wildman–Crippen LogP) is 3.33. The molecule has 1 saturated carbocycles. The fourth-order valence-corrected chi connectivity index (χ4v) is 1.88. The van der Waals surface area contributed by atoms with E-state index in [1.807, 2.05) is 45.0 Å². The first-order chi connectivity index (χ1) is 9.42. The molecule has 0 atom stereocenters. The van der Waals surface area contributed by atoms with Gasteiger partial charge >= 0.3 is 6.09 Å². The van der Waals surface area contributed by atoms with Crippen LogP contribution in [-0.2, 0) is 11.2 Å². The SMILES string of the molecule is CC(C)(C)OC(=O)Nc1ccc(CCNC2CC2)cc1. The quantitative estimate of drug-likeness (QED) is 0.867. The van der Waals surface area contributed by atoms with Crippen LogP contribution in [0.4, 0.5) is 10.5 Å². The lowest BCUT2D eigenvalue weighted by Crippen LogP contribution is -2.27. The van der Waals surface area contributed by atoms with Crippen LogP contribution in [0.5, 0.6) is 0 Å². The number of anilines is 1. The van der Waals surface area contributed by atoms with Crippen molar-refractivity contribution in [1.29, 1.82) is 0 Å². The van der Waals surface area contributed by atoms with E-state index < -0.39 is 11.7 Å². The van der Waals surface area contributed by atoms with E-state index in [4.69, 9.17) is 4.74 Å². The third kappa shape index (κ3) is 5.61. The normalized spacial score (nSPS) is 14.9. The smallest absolute Gasteiger partial charge is 0.412 e. The lowest BCUT2D eigenvalue weighted by molar-refractivity contribution is 0.0636. The van der Waals surface area contributed by atoms with Crippen LogP contribution >= 0.6 is 0 Å². The van der Waals surface area contributed by atoms with Crippen molar-refractivity contribution in [3.8, 4) is 0 Å². The summed E-state index contributed by atoms with van der Waals surface area (Å²) < 4.78 is 5.21. The molecule has 0 aromatic heterocycles. The van der Waals surface area contributed by atoms with Gasteiger partial charge in [-0.3, -0.25) is 5.32 Å². The Kier molecular flexibility index (Phi) is 4.65. The maximum Gasteiger partial charge on any atom is 0.412 e. The van der Waals surface area contributed by atoms with E-state index in [-0.39, 0.29) is 0 Å². The van der Waals surface area contributed by atoms with Gasteiger partial charge in [0.05, 0.1) is 0 Å². The van der Waals surface area contributed by atoms with Crippen LogP contribution in [-0.4, -0.2) is 24.3 Å². The van der Waals surface area contributed by atoms with E-state index in [2.05, 4.69) is 10.6 Å². The van der Waals surface area contributed by atoms with Crippen LogP contribution < -0.4 is 10.6 Å². The van der Waals surface area contributed by atoms with E-state index in [1.54, 1.807) is 0 Å². The van der Waals surface area contributed by atoms with Gasteiger partial charge in [-0.15, -0.1) is 0 Å². The summed E-state index contributed by atoms with van der Waals surface area (Å²) in [6, 6.07) is 8.66. The fourth-order valence-electron chi connectivity index (χ4n) is 1.88.